The lowest BCUT2D eigenvalue weighted by atomic mass is 9.99. The summed E-state index contributed by atoms with van der Waals surface area (Å²) in [5.74, 6) is -1.28. The maximum atomic E-state index is 12.0. The molecule has 1 aromatic rings. The molecule has 5 nitrogen and oxygen atoms in total. The van der Waals surface area contributed by atoms with Gasteiger partial charge in [-0.15, -0.1) is 0 Å². The van der Waals surface area contributed by atoms with Crippen LogP contribution in [-0.2, 0) is 11.3 Å². The number of hydrogen-bond acceptors (Lipinski definition) is 2. The number of amides is 2. The molecule has 1 saturated heterocycles. The number of carboxylic acid groups (broad SMARTS) is 1. The van der Waals surface area contributed by atoms with Gasteiger partial charge in [0.15, 0.2) is 0 Å². The quantitative estimate of drug-likeness (QED) is 0.868. The summed E-state index contributed by atoms with van der Waals surface area (Å²) in [5.41, 5.74) is 1.03. The molecule has 2 unspecified atom stereocenters. The molecule has 1 aliphatic heterocycles. The predicted molar refractivity (Wildman–Crippen MR) is 70.5 cm³/mol. The first-order valence-corrected chi connectivity index (χ1v) is 6.37. The van der Waals surface area contributed by atoms with Crippen LogP contribution in [0.1, 0.15) is 12.5 Å². The molecule has 102 valence electrons. The highest BCUT2D eigenvalue weighted by Crippen LogP contribution is 2.22. The van der Waals surface area contributed by atoms with Crippen LogP contribution in [0.25, 0.3) is 0 Å². The van der Waals surface area contributed by atoms with Crippen LogP contribution in [0.4, 0.5) is 4.79 Å². The number of rotatable bonds is 3. The number of nitrogens with zero attached hydrogens (tertiary/aromatic N) is 1. The molecule has 0 saturated carbocycles. The number of aliphatic carboxylic acids is 1. The Hall–Kier alpha value is -2.04. The monoisotopic (exact) mass is 262 g/mol. The van der Waals surface area contributed by atoms with E-state index in [1.54, 1.807) is 4.90 Å². The number of likely N-dealkylation sites (tertiary alicyclic amines) is 1. The highest BCUT2D eigenvalue weighted by molar-refractivity contribution is 5.77. The first kappa shape index (κ1) is 13.4. The number of hydrogen-bond donors (Lipinski definition) is 2. The lowest BCUT2D eigenvalue weighted by Crippen LogP contribution is -2.38. The van der Waals surface area contributed by atoms with Gasteiger partial charge in [-0.1, -0.05) is 37.3 Å². The molecule has 0 aromatic heterocycles. The minimum absolute atomic E-state index is 0.0000229. The van der Waals surface area contributed by atoms with Crippen LogP contribution >= 0.6 is 0 Å². The van der Waals surface area contributed by atoms with Crippen molar-refractivity contribution >= 4 is 12.0 Å². The SMILES string of the molecule is CC1CN(C(=O)NCc2ccccc2)CC1C(=O)O. The van der Waals surface area contributed by atoms with Crippen LogP contribution in [0.5, 0.6) is 0 Å². The summed E-state index contributed by atoms with van der Waals surface area (Å²) in [6.45, 7) is 3.11. The Morgan fingerprint density at radius 3 is 2.58 bits per heavy atom. The molecular formula is C14H18N2O3. The average Bonchev–Trinajstić information content (AvgIpc) is 2.79. The summed E-state index contributed by atoms with van der Waals surface area (Å²) in [6.07, 6.45) is 0. The van der Waals surface area contributed by atoms with E-state index in [0.29, 0.717) is 13.1 Å². The maximum absolute atomic E-state index is 12.0. The fourth-order valence-corrected chi connectivity index (χ4v) is 2.34. The summed E-state index contributed by atoms with van der Waals surface area (Å²) in [7, 11) is 0. The minimum atomic E-state index is -0.828. The number of carboxylic acids is 1. The predicted octanol–water partition coefficient (Wildman–Crippen LogP) is 1.55. The molecule has 5 heteroatoms. The Morgan fingerprint density at radius 2 is 2.00 bits per heavy atom. The number of carbonyl (C=O) groups is 2. The molecule has 1 heterocycles. The van der Waals surface area contributed by atoms with Gasteiger partial charge in [0.2, 0.25) is 0 Å². The Balaban J connectivity index is 1.86. The molecule has 1 aromatic carbocycles. The summed E-state index contributed by atoms with van der Waals surface area (Å²) < 4.78 is 0. The normalized spacial score (nSPS) is 22.3. The fourth-order valence-electron chi connectivity index (χ4n) is 2.34. The van der Waals surface area contributed by atoms with Gasteiger partial charge in [0.25, 0.3) is 0 Å². The van der Waals surface area contributed by atoms with Gasteiger partial charge in [0.1, 0.15) is 0 Å². The molecule has 0 bridgehead atoms. The van der Waals surface area contributed by atoms with Gasteiger partial charge in [-0.25, -0.2) is 4.79 Å². The van der Waals surface area contributed by atoms with Crippen molar-refractivity contribution in [2.45, 2.75) is 13.5 Å². The lowest BCUT2D eigenvalue weighted by Gasteiger charge is -2.16. The Kier molecular flexibility index (Phi) is 4.04. The average molecular weight is 262 g/mol. The van der Waals surface area contributed by atoms with Crippen molar-refractivity contribution in [1.82, 2.24) is 10.2 Å². The molecule has 2 amide bonds. The van der Waals surface area contributed by atoms with E-state index in [1.165, 1.54) is 0 Å². The van der Waals surface area contributed by atoms with Crippen LogP contribution in [-0.4, -0.2) is 35.1 Å². The van der Waals surface area contributed by atoms with Crippen molar-refractivity contribution in [2.75, 3.05) is 13.1 Å². The molecule has 1 fully saturated rings. The summed E-state index contributed by atoms with van der Waals surface area (Å²) in [6, 6.07) is 9.43. The maximum Gasteiger partial charge on any atom is 0.317 e. The van der Waals surface area contributed by atoms with Gasteiger partial charge >= 0.3 is 12.0 Å². The lowest BCUT2D eigenvalue weighted by molar-refractivity contribution is -0.142. The topological polar surface area (TPSA) is 69.6 Å². The molecule has 2 N–H and O–H groups in total. The summed E-state index contributed by atoms with van der Waals surface area (Å²) in [5, 5.41) is 11.8. The highest BCUT2D eigenvalue weighted by atomic mass is 16.4. The second-order valence-electron chi connectivity index (χ2n) is 4.97. The van der Waals surface area contributed by atoms with E-state index in [2.05, 4.69) is 5.32 Å². The van der Waals surface area contributed by atoms with E-state index in [-0.39, 0.29) is 18.5 Å². The summed E-state index contributed by atoms with van der Waals surface area (Å²) in [4.78, 5) is 24.5. The smallest absolute Gasteiger partial charge is 0.317 e. The zero-order valence-corrected chi connectivity index (χ0v) is 10.9. The zero-order valence-electron chi connectivity index (χ0n) is 10.9. The third kappa shape index (κ3) is 3.24. The molecular weight excluding hydrogens is 244 g/mol. The number of nitrogens with one attached hydrogen (secondary N) is 1. The fraction of sp³-hybridized carbons (Fsp3) is 0.429. The molecule has 0 radical (unpaired) electrons. The van der Waals surface area contributed by atoms with Crippen molar-refractivity contribution < 1.29 is 14.7 Å². The van der Waals surface area contributed by atoms with Crippen molar-refractivity contribution in [2.24, 2.45) is 11.8 Å². The zero-order chi connectivity index (χ0) is 13.8. The minimum Gasteiger partial charge on any atom is -0.481 e. The van der Waals surface area contributed by atoms with E-state index in [4.69, 9.17) is 5.11 Å². The van der Waals surface area contributed by atoms with Crippen LogP contribution in [0.3, 0.4) is 0 Å². The van der Waals surface area contributed by atoms with E-state index in [0.717, 1.165) is 5.56 Å². The largest absolute Gasteiger partial charge is 0.481 e. The van der Waals surface area contributed by atoms with Gasteiger partial charge in [-0.3, -0.25) is 4.79 Å². The Morgan fingerprint density at radius 1 is 1.32 bits per heavy atom. The molecule has 2 rings (SSSR count). The van der Waals surface area contributed by atoms with Gasteiger partial charge in [0, 0.05) is 19.6 Å². The third-order valence-electron chi connectivity index (χ3n) is 3.50. The van der Waals surface area contributed by atoms with E-state index in [9.17, 15) is 9.59 Å². The van der Waals surface area contributed by atoms with Crippen LogP contribution in [0.15, 0.2) is 30.3 Å². The van der Waals surface area contributed by atoms with E-state index >= 15 is 0 Å². The Labute approximate surface area is 112 Å². The molecule has 2 atom stereocenters. The van der Waals surface area contributed by atoms with E-state index < -0.39 is 11.9 Å². The van der Waals surface area contributed by atoms with Crippen molar-refractivity contribution in [3.8, 4) is 0 Å². The Bertz CT molecular complexity index is 461. The first-order valence-electron chi connectivity index (χ1n) is 6.37. The van der Waals surface area contributed by atoms with Crippen molar-refractivity contribution in [3.63, 3.8) is 0 Å². The number of benzene rings is 1. The molecule has 1 aliphatic rings. The van der Waals surface area contributed by atoms with Crippen LogP contribution < -0.4 is 5.32 Å². The molecule has 0 spiro atoms. The number of urea groups is 1. The van der Waals surface area contributed by atoms with Gasteiger partial charge in [-0.2, -0.15) is 0 Å². The van der Waals surface area contributed by atoms with Gasteiger partial charge in [0.05, 0.1) is 5.92 Å². The van der Waals surface area contributed by atoms with E-state index in [1.807, 2.05) is 37.3 Å². The standard InChI is InChI=1S/C14H18N2O3/c1-10-8-16(9-12(10)13(17)18)14(19)15-7-11-5-3-2-4-6-11/h2-6,10,12H,7-9H2,1H3,(H,15,19)(H,17,18). The second kappa shape index (κ2) is 5.73. The van der Waals surface area contributed by atoms with Crippen LogP contribution in [0, 0.1) is 11.8 Å². The first-order chi connectivity index (χ1) is 9.08. The second-order valence-corrected chi connectivity index (χ2v) is 4.97. The molecule has 19 heavy (non-hydrogen) atoms. The van der Waals surface area contributed by atoms with Crippen molar-refractivity contribution in [1.29, 1.82) is 0 Å². The van der Waals surface area contributed by atoms with Gasteiger partial charge < -0.3 is 15.3 Å². The van der Waals surface area contributed by atoms with Crippen molar-refractivity contribution in [3.05, 3.63) is 35.9 Å². The molecule has 0 aliphatic carbocycles. The number of carbonyl (C=O) groups excluding carboxylic acids is 1. The van der Waals surface area contributed by atoms with Gasteiger partial charge in [-0.05, 0) is 11.5 Å². The highest BCUT2D eigenvalue weighted by Gasteiger charge is 2.36. The third-order valence-corrected chi connectivity index (χ3v) is 3.50. The summed E-state index contributed by atoms with van der Waals surface area (Å²) >= 11 is 0. The van der Waals surface area contributed by atoms with Crippen LogP contribution in [0.2, 0.25) is 0 Å².